The van der Waals surface area contributed by atoms with E-state index in [1.165, 1.54) is 9.47 Å². The van der Waals surface area contributed by atoms with E-state index in [4.69, 9.17) is 5.11 Å². The van der Waals surface area contributed by atoms with Crippen molar-refractivity contribution in [2.75, 3.05) is 23.4 Å². The Hall–Kier alpha value is -4.38. The number of nitrogens with zero attached hydrogens (tertiary/aromatic N) is 6. The SMILES string of the molecule is C=C(F)C(=O)N1CCC(c2cc3cnc(Nc4cnn(CCO)c4)nc3n(C)c2=O)c2ccccc21. The predicted molar refractivity (Wildman–Crippen MR) is 133 cm³/mol. The first-order valence-corrected chi connectivity index (χ1v) is 11.4. The highest BCUT2D eigenvalue weighted by atomic mass is 19.1. The molecule has 36 heavy (non-hydrogen) atoms. The second-order valence-electron chi connectivity index (χ2n) is 8.54. The minimum Gasteiger partial charge on any atom is -0.394 e. The van der Waals surface area contributed by atoms with E-state index in [-0.39, 0.29) is 24.6 Å². The Morgan fingerprint density at radius 3 is 2.86 bits per heavy atom. The molecular formula is C25H24FN7O3. The normalized spacial score (nSPS) is 15.1. The third-order valence-corrected chi connectivity index (χ3v) is 6.29. The van der Waals surface area contributed by atoms with Crippen molar-refractivity contribution in [3.63, 3.8) is 0 Å². The van der Waals surface area contributed by atoms with Gasteiger partial charge in [0.05, 0.1) is 25.0 Å². The van der Waals surface area contributed by atoms with Gasteiger partial charge in [-0.25, -0.2) is 9.37 Å². The highest BCUT2D eigenvalue weighted by Crippen LogP contribution is 2.39. The van der Waals surface area contributed by atoms with Gasteiger partial charge in [0.1, 0.15) is 5.65 Å². The molecule has 0 bridgehead atoms. The van der Waals surface area contributed by atoms with Crippen molar-refractivity contribution < 1.29 is 14.3 Å². The van der Waals surface area contributed by atoms with E-state index < -0.39 is 11.7 Å². The zero-order valence-corrected chi connectivity index (χ0v) is 19.6. The van der Waals surface area contributed by atoms with Gasteiger partial charge in [-0.15, -0.1) is 0 Å². The number of aliphatic hydroxyl groups excluding tert-OH is 1. The summed E-state index contributed by atoms with van der Waals surface area (Å²) in [4.78, 5) is 36.1. The van der Waals surface area contributed by atoms with Crippen molar-refractivity contribution in [1.29, 1.82) is 0 Å². The van der Waals surface area contributed by atoms with Crippen LogP contribution < -0.4 is 15.8 Å². The molecule has 4 heterocycles. The summed E-state index contributed by atoms with van der Waals surface area (Å²) >= 11 is 0. The minimum absolute atomic E-state index is 0.0248. The topological polar surface area (TPSA) is 118 Å². The lowest BCUT2D eigenvalue weighted by Gasteiger charge is -2.34. The molecule has 1 aromatic carbocycles. The second kappa shape index (κ2) is 9.34. The summed E-state index contributed by atoms with van der Waals surface area (Å²) in [7, 11) is 1.65. The Labute approximate surface area is 205 Å². The largest absolute Gasteiger partial charge is 0.394 e. The van der Waals surface area contributed by atoms with Gasteiger partial charge in [-0.05, 0) is 24.1 Å². The summed E-state index contributed by atoms with van der Waals surface area (Å²) in [5.41, 5.74) is 2.79. The molecule has 0 fully saturated rings. The number of anilines is 3. The summed E-state index contributed by atoms with van der Waals surface area (Å²) in [6.45, 7) is 3.74. The van der Waals surface area contributed by atoms with E-state index in [2.05, 4.69) is 27.0 Å². The highest BCUT2D eigenvalue weighted by Gasteiger charge is 2.32. The molecule has 2 N–H and O–H groups in total. The molecular weight excluding hydrogens is 465 g/mol. The number of para-hydroxylation sites is 1. The van der Waals surface area contributed by atoms with E-state index >= 15 is 0 Å². The maximum atomic E-state index is 13.6. The van der Waals surface area contributed by atoms with Crippen LogP contribution >= 0.6 is 0 Å². The second-order valence-corrected chi connectivity index (χ2v) is 8.54. The van der Waals surface area contributed by atoms with Crippen molar-refractivity contribution in [3.8, 4) is 0 Å². The molecule has 0 spiro atoms. The number of carbonyl (C=O) groups is 1. The number of hydrogen-bond donors (Lipinski definition) is 2. The van der Waals surface area contributed by atoms with Crippen LogP contribution in [0.5, 0.6) is 0 Å². The van der Waals surface area contributed by atoms with Crippen LogP contribution in [0.15, 0.2) is 66.1 Å². The first kappa shape index (κ1) is 23.4. The molecule has 5 rings (SSSR count). The number of aliphatic hydroxyl groups is 1. The number of hydrogen-bond acceptors (Lipinski definition) is 7. The molecule has 0 radical (unpaired) electrons. The van der Waals surface area contributed by atoms with Crippen molar-refractivity contribution in [2.45, 2.75) is 18.9 Å². The van der Waals surface area contributed by atoms with E-state index in [9.17, 15) is 14.0 Å². The van der Waals surface area contributed by atoms with Crippen molar-refractivity contribution >= 4 is 34.3 Å². The molecule has 1 aliphatic rings. The number of aromatic nitrogens is 5. The average Bonchev–Trinajstić information content (AvgIpc) is 3.32. The molecule has 1 unspecified atom stereocenters. The molecule has 1 aliphatic heterocycles. The first-order valence-electron chi connectivity index (χ1n) is 11.4. The van der Waals surface area contributed by atoms with Crippen LogP contribution in [0.1, 0.15) is 23.5 Å². The van der Waals surface area contributed by atoms with Crippen LogP contribution in [0.25, 0.3) is 11.0 Å². The Kier molecular flexibility index (Phi) is 6.06. The molecule has 0 aliphatic carbocycles. The van der Waals surface area contributed by atoms with Gasteiger partial charge in [0, 0.05) is 48.5 Å². The zero-order valence-electron chi connectivity index (χ0n) is 19.6. The lowest BCUT2D eigenvalue weighted by Crippen LogP contribution is -2.38. The van der Waals surface area contributed by atoms with Gasteiger partial charge in [0.2, 0.25) is 5.95 Å². The van der Waals surface area contributed by atoms with Crippen molar-refractivity contribution in [2.24, 2.45) is 7.05 Å². The number of carbonyl (C=O) groups excluding carboxylic acids is 1. The number of halogens is 1. The maximum Gasteiger partial charge on any atom is 0.286 e. The number of nitrogens with one attached hydrogen (secondary N) is 1. The molecule has 11 heteroatoms. The minimum atomic E-state index is -1.02. The Morgan fingerprint density at radius 1 is 1.28 bits per heavy atom. The fourth-order valence-corrected chi connectivity index (χ4v) is 4.61. The quantitative estimate of drug-likeness (QED) is 0.400. The van der Waals surface area contributed by atoms with Gasteiger partial charge in [0.15, 0.2) is 5.83 Å². The predicted octanol–water partition coefficient (Wildman–Crippen LogP) is 2.61. The number of amides is 1. The summed E-state index contributed by atoms with van der Waals surface area (Å²) in [5, 5.41) is 16.9. The van der Waals surface area contributed by atoms with Gasteiger partial charge >= 0.3 is 0 Å². The summed E-state index contributed by atoms with van der Waals surface area (Å²) in [5.74, 6) is -1.77. The van der Waals surface area contributed by atoms with Gasteiger partial charge in [-0.2, -0.15) is 10.1 Å². The number of benzene rings is 1. The summed E-state index contributed by atoms with van der Waals surface area (Å²) in [6, 6.07) is 8.99. The monoisotopic (exact) mass is 489 g/mol. The van der Waals surface area contributed by atoms with Gasteiger partial charge in [-0.3, -0.25) is 18.8 Å². The van der Waals surface area contributed by atoms with Gasteiger partial charge in [0.25, 0.3) is 11.5 Å². The first-order chi connectivity index (χ1) is 17.4. The van der Waals surface area contributed by atoms with E-state index in [1.54, 1.807) is 48.5 Å². The lowest BCUT2D eigenvalue weighted by molar-refractivity contribution is -0.116. The molecule has 1 atom stereocenters. The average molecular weight is 490 g/mol. The number of rotatable bonds is 6. The molecule has 4 aromatic rings. The number of pyridine rings is 1. The molecule has 1 amide bonds. The van der Waals surface area contributed by atoms with Crippen LogP contribution in [0.4, 0.5) is 21.7 Å². The molecule has 0 saturated carbocycles. The van der Waals surface area contributed by atoms with Crippen LogP contribution in [0.3, 0.4) is 0 Å². The van der Waals surface area contributed by atoms with E-state index in [1.807, 2.05) is 12.1 Å². The van der Waals surface area contributed by atoms with E-state index in [0.29, 0.717) is 46.9 Å². The summed E-state index contributed by atoms with van der Waals surface area (Å²) < 4.78 is 16.7. The van der Waals surface area contributed by atoms with Crippen LogP contribution in [0.2, 0.25) is 0 Å². The molecule has 184 valence electrons. The third-order valence-electron chi connectivity index (χ3n) is 6.29. The Balaban J connectivity index is 1.51. The summed E-state index contributed by atoms with van der Waals surface area (Å²) in [6.07, 6.45) is 5.41. The zero-order chi connectivity index (χ0) is 25.4. The highest BCUT2D eigenvalue weighted by molar-refractivity contribution is 6.04. The standard InChI is InChI=1S/C25H24FN7O3/c1-15(26)23(35)33-8-7-18(19-5-3-4-6-21(19)33)20-11-16-12-27-25(30-22(16)31(2)24(20)36)29-17-13-28-32(14-17)9-10-34/h3-6,11-14,18,34H,1,7-10H2,2H3,(H,27,29,30). The van der Waals surface area contributed by atoms with Gasteiger partial charge in [-0.1, -0.05) is 24.8 Å². The van der Waals surface area contributed by atoms with Crippen LogP contribution in [0, 0.1) is 0 Å². The van der Waals surface area contributed by atoms with Crippen molar-refractivity contribution in [1.82, 2.24) is 24.3 Å². The lowest BCUT2D eigenvalue weighted by atomic mass is 9.84. The maximum absolute atomic E-state index is 13.6. The number of fused-ring (bicyclic) bond motifs is 2. The molecule has 3 aromatic heterocycles. The van der Waals surface area contributed by atoms with Crippen LogP contribution in [-0.4, -0.2) is 48.5 Å². The smallest absolute Gasteiger partial charge is 0.286 e. The third kappa shape index (κ3) is 4.13. The van der Waals surface area contributed by atoms with Gasteiger partial charge < -0.3 is 15.3 Å². The Morgan fingerprint density at radius 2 is 2.08 bits per heavy atom. The van der Waals surface area contributed by atoms with E-state index in [0.717, 1.165) is 5.56 Å². The molecule has 10 nitrogen and oxygen atoms in total. The molecule has 0 saturated heterocycles. The number of aryl methyl sites for hydroxylation is 1. The fourth-order valence-electron chi connectivity index (χ4n) is 4.61. The Bertz CT molecular complexity index is 1540. The van der Waals surface area contributed by atoms with Crippen molar-refractivity contribution in [3.05, 3.63) is 82.8 Å². The fraction of sp³-hybridized carbons (Fsp3) is 0.240. The van der Waals surface area contributed by atoms with Crippen LogP contribution in [-0.2, 0) is 18.4 Å².